The van der Waals surface area contributed by atoms with Crippen molar-refractivity contribution in [3.63, 3.8) is 0 Å². The van der Waals surface area contributed by atoms with Gasteiger partial charge in [0.05, 0.1) is 0 Å². The van der Waals surface area contributed by atoms with Crippen LogP contribution in [0.4, 0.5) is 0 Å². The Morgan fingerprint density at radius 2 is 1.50 bits per heavy atom. The van der Waals surface area contributed by atoms with E-state index in [2.05, 4.69) is 33.0 Å². The average molecular weight is 298 g/mol. The molecule has 0 bridgehead atoms. The van der Waals surface area contributed by atoms with Gasteiger partial charge >= 0.3 is 58.2 Å². The summed E-state index contributed by atoms with van der Waals surface area (Å²) in [5.74, 6) is 0. The molecule has 1 rings (SSSR count). The van der Waals surface area contributed by atoms with Crippen molar-refractivity contribution < 1.29 is 58.2 Å². The molecule has 1 fully saturated rings. The van der Waals surface area contributed by atoms with Gasteiger partial charge in [-0.25, -0.2) is 0 Å². The molecular weight excluding hydrogens is 268 g/mol. The number of hydrogen-bond acceptors (Lipinski definition) is 0. The number of hydrogen-bond donors (Lipinski definition) is 0. The van der Waals surface area contributed by atoms with Gasteiger partial charge in [0.25, 0.3) is 0 Å². The maximum atomic E-state index is 4.47. The molecular formula is C14H30NRb. The van der Waals surface area contributed by atoms with Crippen LogP contribution in [0.1, 0.15) is 67.2 Å². The third-order valence-electron chi connectivity index (χ3n) is 3.26. The third kappa shape index (κ3) is 7.97. The summed E-state index contributed by atoms with van der Waals surface area (Å²) in [6.45, 7) is 13.6. The normalized spacial score (nSPS) is 26.8. The first-order chi connectivity index (χ1) is 6.85. The first kappa shape index (κ1) is 20.1. The zero-order valence-electron chi connectivity index (χ0n) is 12.9. The maximum absolute atomic E-state index is 4.47. The van der Waals surface area contributed by atoms with Crippen LogP contribution in [-0.2, 0) is 0 Å². The quantitative estimate of drug-likeness (QED) is 0.658. The van der Waals surface area contributed by atoms with Gasteiger partial charge < -0.3 is 5.32 Å². The topological polar surface area (TPSA) is 14.1 Å². The zero-order chi connectivity index (χ0) is 12.1. The number of rotatable bonds is 1. The Balaban J connectivity index is 0. The first-order valence-electron chi connectivity index (χ1n) is 6.44. The SMILES string of the molecule is CC.C[N-]C1CCC(C)(C)CC(C)(C)C1.[Rb+]. The fourth-order valence-electron chi connectivity index (χ4n) is 2.97. The molecule has 1 aliphatic carbocycles. The van der Waals surface area contributed by atoms with Crippen molar-refractivity contribution in [1.29, 1.82) is 0 Å². The van der Waals surface area contributed by atoms with Gasteiger partial charge in [-0.1, -0.05) is 54.4 Å². The van der Waals surface area contributed by atoms with Gasteiger partial charge in [-0.2, -0.15) is 7.05 Å². The largest absolute Gasteiger partial charge is 1.00 e. The van der Waals surface area contributed by atoms with Crippen LogP contribution in [0.5, 0.6) is 0 Å². The van der Waals surface area contributed by atoms with Gasteiger partial charge in [-0.15, -0.1) is 6.04 Å². The third-order valence-corrected chi connectivity index (χ3v) is 3.26. The van der Waals surface area contributed by atoms with Crippen LogP contribution in [0, 0.1) is 10.8 Å². The van der Waals surface area contributed by atoms with Crippen molar-refractivity contribution in [2.24, 2.45) is 10.8 Å². The van der Waals surface area contributed by atoms with E-state index in [4.69, 9.17) is 0 Å². The van der Waals surface area contributed by atoms with E-state index < -0.39 is 0 Å². The molecule has 0 saturated heterocycles. The molecule has 0 amide bonds. The smallest absolute Gasteiger partial charge is 0.662 e. The molecule has 0 heterocycles. The molecule has 0 aromatic rings. The Hall–Kier alpha value is 1.77. The predicted molar refractivity (Wildman–Crippen MR) is 70.4 cm³/mol. The molecule has 1 nitrogen and oxygen atoms in total. The van der Waals surface area contributed by atoms with Gasteiger partial charge in [0.1, 0.15) is 0 Å². The predicted octanol–water partition coefficient (Wildman–Crippen LogP) is 2.02. The Kier molecular flexibility index (Phi) is 11.0. The Labute approximate surface area is 152 Å². The van der Waals surface area contributed by atoms with Crippen LogP contribution < -0.4 is 58.2 Å². The fourth-order valence-corrected chi connectivity index (χ4v) is 2.97. The molecule has 1 unspecified atom stereocenters. The van der Waals surface area contributed by atoms with Crippen molar-refractivity contribution in [3.05, 3.63) is 5.32 Å². The van der Waals surface area contributed by atoms with E-state index in [-0.39, 0.29) is 58.2 Å². The van der Waals surface area contributed by atoms with E-state index in [1.165, 1.54) is 25.7 Å². The Morgan fingerprint density at radius 3 is 1.94 bits per heavy atom. The Bertz CT molecular complexity index is 176. The molecule has 1 saturated carbocycles. The minimum absolute atomic E-state index is 0. The average Bonchev–Trinajstić information content (AvgIpc) is 2.23. The summed E-state index contributed by atoms with van der Waals surface area (Å²) in [7, 11) is 1.97. The van der Waals surface area contributed by atoms with Crippen molar-refractivity contribution in [3.8, 4) is 0 Å². The van der Waals surface area contributed by atoms with Crippen LogP contribution in [0.3, 0.4) is 0 Å². The summed E-state index contributed by atoms with van der Waals surface area (Å²) in [5.41, 5.74) is 0.993. The zero-order valence-corrected chi connectivity index (χ0v) is 17.8. The van der Waals surface area contributed by atoms with Crippen molar-refractivity contribution in [2.45, 2.75) is 73.3 Å². The summed E-state index contributed by atoms with van der Waals surface area (Å²) in [6, 6.07) is 0.608. The van der Waals surface area contributed by atoms with Gasteiger partial charge in [0.15, 0.2) is 0 Å². The molecule has 0 radical (unpaired) electrons. The fraction of sp³-hybridized carbons (Fsp3) is 1.00. The van der Waals surface area contributed by atoms with E-state index in [1.807, 2.05) is 20.9 Å². The summed E-state index contributed by atoms with van der Waals surface area (Å²) < 4.78 is 0. The molecule has 0 aliphatic heterocycles. The van der Waals surface area contributed by atoms with Crippen molar-refractivity contribution in [1.82, 2.24) is 0 Å². The van der Waals surface area contributed by atoms with Crippen molar-refractivity contribution in [2.75, 3.05) is 7.05 Å². The van der Waals surface area contributed by atoms with Crippen LogP contribution in [0.25, 0.3) is 5.32 Å². The van der Waals surface area contributed by atoms with Crippen LogP contribution in [0.15, 0.2) is 0 Å². The van der Waals surface area contributed by atoms with Crippen LogP contribution >= 0.6 is 0 Å². The first-order valence-corrected chi connectivity index (χ1v) is 6.44. The molecule has 0 aromatic heterocycles. The second-order valence-corrected chi connectivity index (χ2v) is 6.16. The summed E-state index contributed by atoms with van der Waals surface area (Å²) >= 11 is 0. The minimum atomic E-state index is 0. The summed E-state index contributed by atoms with van der Waals surface area (Å²) in [6.07, 6.45) is 5.23. The van der Waals surface area contributed by atoms with Crippen LogP contribution in [0.2, 0.25) is 0 Å². The standard InChI is InChI=1S/C12H24N.C2H6.Rb/c1-11(2)7-6-10(13-5)8-12(3,4)9-11;1-2;/h10H,6-9H2,1-5H3;1-2H3;/q-1;;+1. The molecule has 92 valence electrons. The molecule has 16 heavy (non-hydrogen) atoms. The van der Waals surface area contributed by atoms with Gasteiger partial charge in [-0.3, -0.25) is 0 Å². The minimum Gasteiger partial charge on any atom is -0.662 e. The van der Waals surface area contributed by atoms with E-state index >= 15 is 0 Å². The molecule has 1 atom stereocenters. The van der Waals surface area contributed by atoms with E-state index in [0.29, 0.717) is 16.9 Å². The summed E-state index contributed by atoms with van der Waals surface area (Å²) in [5, 5.41) is 4.47. The van der Waals surface area contributed by atoms with Gasteiger partial charge in [0, 0.05) is 0 Å². The molecule has 1 aliphatic rings. The number of nitrogens with zero attached hydrogens (tertiary/aromatic N) is 1. The van der Waals surface area contributed by atoms with Crippen LogP contribution in [-0.4, -0.2) is 13.1 Å². The van der Waals surface area contributed by atoms with Gasteiger partial charge in [0.2, 0.25) is 0 Å². The van der Waals surface area contributed by atoms with Crippen molar-refractivity contribution >= 4 is 0 Å². The molecule has 0 aromatic carbocycles. The Morgan fingerprint density at radius 1 is 1.00 bits per heavy atom. The van der Waals surface area contributed by atoms with E-state index in [0.717, 1.165) is 0 Å². The van der Waals surface area contributed by atoms with Gasteiger partial charge in [-0.05, 0) is 23.7 Å². The molecule has 0 spiro atoms. The molecule has 0 N–H and O–H groups in total. The second kappa shape index (κ2) is 8.80. The maximum Gasteiger partial charge on any atom is 1.00 e. The monoisotopic (exact) mass is 297 g/mol. The molecule has 2 heteroatoms. The second-order valence-electron chi connectivity index (χ2n) is 6.16. The van der Waals surface area contributed by atoms with E-state index in [9.17, 15) is 0 Å². The van der Waals surface area contributed by atoms with E-state index in [1.54, 1.807) is 0 Å². The summed E-state index contributed by atoms with van der Waals surface area (Å²) in [4.78, 5) is 0.